The number of phosphoric ester groups is 1. The van der Waals surface area contributed by atoms with Crippen LogP contribution in [-0.4, -0.2) is 54.3 Å². The Morgan fingerprint density at radius 2 is 1.04 bits per heavy atom. The number of nitrogens with one attached hydrogen (secondary N) is 1. The van der Waals surface area contributed by atoms with Crippen LogP contribution in [-0.2, 0) is 27.9 Å². The zero-order valence-electron chi connectivity index (χ0n) is 31.7. The summed E-state index contributed by atoms with van der Waals surface area (Å²) in [6.45, 7) is 3.55. The molecule has 0 aromatic heterocycles. The minimum atomic E-state index is -4.41. The van der Waals surface area contributed by atoms with E-state index in [1.165, 1.54) is 109 Å². The van der Waals surface area contributed by atoms with Crippen molar-refractivity contribution < 1.29 is 37.9 Å². The number of ether oxygens (including phenoxy) is 1. The van der Waals surface area contributed by atoms with E-state index in [4.69, 9.17) is 13.8 Å². The molecule has 9 nitrogen and oxygen atoms in total. The number of allylic oxidation sites excluding steroid dienone is 2. The second-order valence-corrected chi connectivity index (χ2v) is 15.1. The first-order valence-electron chi connectivity index (χ1n) is 20.2. The highest BCUT2D eigenvalue weighted by molar-refractivity contribution is 7.47. The average Bonchev–Trinajstić information content (AvgIpc) is 3.08. The van der Waals surface area contributed by atoms with Crippen LogP contribution in [0.3, 0.4) is 0 Å². The molecule has 0 aliphatic carbocycles. The van der Waals surface area contributed by atoms with Crippen molar-refractivity contribution in [2.75, 3.05) is 26.4 Å². The van der Waals surface area contributed by atoms with E-state index in [-0.39, 0.29) is 32.1 Å². The second-order valence-electron chi connectivity index (χ2n) is 13.6. The number of aliphatic hydroxyl groups excluding tert-OH is 1. The molecule has 2 unspecified atom stereocenters. The van der Waals surface area contributed by atoms with Gasteiger partial charge in [0, 0.05) is 19.4 Å². The highest BCUT2D eigenvalue weighted by Gasteiger charge is 2.23. The number of amides is 1. The number of phosphoric acid groups is 1. The van der Waals surface area contributed by atoms with Crippen molar-refractivity contribution in [3.05, 3.63) is 12.2 Å². The topological polar surface area (TPSA) is 131 Å². The summed E-state index contributed by atoms with van der Waals surface area (Å²) >= 11 is 0. The summed E-state index contributed by atoms with van der Waals surface area (Å²) in [6.07, 6.45) is 35.6. The lowest BCUT2D eigenvalue weighted by Gasteiger charge is -2.15. The quantitative estimate of drug-likeness (QED) is 0.0249. The van der Waals surface area contributed by atoms with Crippen LogP contribution in [0.5, 0.6) is 0 Å². The summed E-state index contributed by atoms with van der Waals surface area (Å²) in [7, 11) is -4.41. The maximum atomic E-state index is 12.1. The van der Waals surface area contributed by atoms with Crippen molar-refractivity contribution >= 4 is 19.7 Å². The molecule has 290 valence electrons. The molecular weight excluding hydrogens is 641 g/mol. The van der Waals surface area contributed by atoms with Crippen molar-refractivity contribution in [1.82, 2.24) is 5.32 Å². The van der Waals surface area contributed by atoms with Crippen LogP contribution in [0.4, 0.5) is 0 Å². The lowest BCUT2D eigenvalue weighted by molar-refractivity contribution is -0.147. The van der Waals surface area contributed by atoms with Gasteiger partial charge in [0.2, 0.25) is 5.91 Å². The molecule has 0 saturated heterocycles. The van der Waals surface area contributed by atoms with Gasteiger partial charge in [-0.25, -0.2) is 4.57 Å². The van der Waals surface area contributed by atoms with Gasteiger partial charge in [-0.3, -0.25) is 18.6 Å². The van der Waals surface area contributed by atoms with Crippen molar-refractivity contribution in [1.29, 1.82) is 0 Å². The van der Waals surface area contributed by atoms with E-state index in [1.807, 2.05) is 0 Å². The number of carbonyl (C=O) groups excluding carboxylic acids is 2. The summed E-state index contributed by atoms with van der Waals surface area (Å²) in [6, 6.07) is 0. The molecule has 0 spiro atoms. The summed E-state index contributed by atoms with van der Waals surface area (Å²) in [5, 5.41) is 12.7. The largest absolute Gasteiger partial charge is 0.472 e. The van der Waals surface area contributed by atoms with Gasteiger partial charge in [0.1, 0.15) is 12.7 Å². The van der Waals surface area contributed by atoms with Crippen LogP contribution in [0.2, 0.25) is 0 Å². The van der Waals surface area contributed by atoms with Crippen molar-refractivity contribution in [3.8, 4) is 0 Å². The molecule has 0 bridgehead atoms. The number of unbranched alkanes of at least 4 members (excludes halogenated alkanes) is 23. The van der Waals surface area contributed by atoms with E-state index in [0.29, 0.717) is 6.42 Å². The summed E-state index contributed by atoms with van der Waals surface area (Å²) in [4.78, 5) is 33.8. The standard InChI is InChI=1S/C39H76NO8P/c1-3-5-7-9-11-13-15-17-18-19-20-22-24-26-28-30-32-39(43)46-35-37(41)36-48-49(44,45)47-34-33-40-38(42)31-29-27-25-23-21-16-14-12-10-8-6-4-2/h18-19,37,41H,3-17,20-36H2,1-2H3,(H,40,42)(H,44,45)/b19-18-. The van der Waals surface area contributed by atoms with Gasteiger partial charge in [-0.05, 0) is 38.5 Å². The molecule has 1 amide bonds. The lowest BCUT2D eigenvalue weighted by Crippen LogP contribution is -2.27. The van der Waals surface area contributed by atoms with E-state index in [2.05, 4.69) is 31.3 Å². The third-order valence-electron chi connectivity index (χ3n) is 8.70. The fourth-order valence-electron chi connectivity index (χ4n) is 5.61. The highest BCUT2D eigenvalue weighted by Crippen LogP contribution is 2.42. The van der Waals surface area contributed by atoms with Gasteiger partial charge >= 0.3 is 13.8 Å². The zero-order chi connectivity index (χ0) is 36.1. The van der Waals surface area contributed by atoms with Gasteiger partial charge in [0.05, 0.1) is 13.2 Å². The minimum absolute atomic E-state index is 0.0849. The number of hydrogen-bond acceptors (Lipinski definition) is 7. The van der Waals surface area contributed by atoms with Gasteiger partial charge in [0.15, 0.2) is 0 Å². The molecule has 0 saturated carbocycles. The molecule has 49 heavy (non-hydrogen) atoms. The maximum absolute atomic E-state index is 12.1. The smallest absolute Gasteiger partial charge is 0.463 e. The van der Waals surface area contributed by atoms with Crippen LogP contribution in [0.1, 0.15) is 194 Å². The lowest BCUT2D eigenvalue weighted by atomic mass is 10.0. The number of aliphatic hydroxyl groups is 1. The fourth-order valence-corrected chi connectivity index (χ4v) is 6.37. The van der Waals surface area contributed by atoms with Crippen LogP contribution in [0.15, 0.2) is 12.2 Å². The van der Waals surface area contributed by atoms with Crippen molar-refractivity contribution in [2.24, 2.45) is 0 Å². The molecule has 0 radical (unpaired) electrons. The highest BCUT2D eigenvalue weighted by atomic mass is 31.2. The van der Waals surface area contributed by atoms with E-state index in [1.54, 1.807) is 0 Å². The zero-order valence-corrected chi connectivity index (χ0v) is 32.5. The number of carbonyl (C=O) groups is 2. The molecule has 2 atom stereocenters. The Hall–Kier alpha value is -1.25. The molecule has 0 fully saturated rings. The monoisotopic (exact) mass is 718 g/mol. The average molecular weight is 718 g/mol. The molecular formula is C39H76NO8P. The first-order chi connectivity index (χ1) is 23.8. The van der Waals surface area contributed by atoms with E-state index >= 15 is 0 Å². The second kappa shape index (κ2) is 36.5. The van der Waals surface area contributed by atoms with Gasteiger partial charge in [-0.15, -0.1) is 0 Å². The predicted octanol–water partition coefficient (Wildman–Crippen LogP) is 10.7. The predicted molar refractivity (Wildman–Crippen MR) is 201 cm³/mol. The third-order valence-corrected chi connectivity index (χ3v) is 9.68. The number of rotatable bonds is 38. The fraction of sp³-hybridized carbons (Fsp3) is 0.897. The number of hydrogen-bond donors (Lipinski definition) is 3. The van der Waals surface area contributed by atoms with Crippen molar-refractivity contribution in [2.45, 2.75) is 200 Å². The Bertz CT molecular complexity index is 825. The Balaban J connectivity index is 3.61. The van der Waals surface area contributed by atoms with E-state index in [0.717, 1.165) is 57.8 Å². The maximum Gasteiger partial charge on any atom is 0.472 e. The molecule has 10 heteroatoms. The van der Waals surface area contributed by atoms with Gasteiger partial charge < -0.3 is 20.1 Å². The Morgan fingerprint density at radius 1 is 0.612 bits per heavy atom. The van der Waals surface area contributed by atoms with Gasteiger partial charge in [-0.2, -0.15) is 0 Å². The Morgan fingerprint density at radius 3 is 1.53 bits per heavy atom. The van der Waals surface area contributed by atoms with Crippen LogP contribution >= 0.6 is 7.82 Å². The molecule has 0 aliphatic heterocycles. The molecule has 0 rings (SSSR count). The molecule has 0 aromatic rings. The first kappa shape index (κ1) is 47.8. The molecule has 0 aromatic carbocycles. The van der Waals surface area contributed by atoms with E-state index < -0.39 is 26.5 Å². The van der Waals surface area contributed by atoms with Gasteiger partial charge in [0.25, 0.3) is 0 Å². The summed E-state index contributed by atoms with van der Waals surface area (Å²) in [5.41, 5.74) is 0. The SMILES string of the molecule is CCCCCCCCC/C=C\CCCCCCCC(=O)OCC(O)COP(=O)(O)OCCNC(=O)CCCCCCCCCCCCCC. The summed E-state index contributed by atoms with van der Waals surface area (Å²) < 4.78 is 26.8. The van der Waals surface area contributed by atoms with E-state index in [9.17, 15) is 24.2 Å². The van der Waals surface area contributed by atoms with Crippen LogP contribution < -0.4 is 5.32 Å². The molecule has 3 N–H and O–H groups in total. The number of esters is 1. The van der Waals surface area contributed by atoms with Gasteiger partial charge in [-0.1, -0.05) is 154 Å². The normalized spacial score (nSPS) is 13.5. The third kappa shape index (κ3) is 37.8. The summed E-state index contributed by atoms with van der Waals surface area (Å²) in [5.74, 6) is -0.520. The Kier molecular flexibility index (Phi) is 35.6. The molecule has 0 aliphatic rings. The minimum Gasteiger partial charge on any atom is -0.463 e. The van der Waals surface area contributed by atoms with Crippen LogP contribution in [0, 0.1) is 0 Å². The van der Waals surface area contributed by atoms with Crippen molar-refractivity contribution in [3.63, 3.8) is 0 Å². The van der Waals surface area contributed by atoms with Crippen LogP contribution in [0.25, 0.3) is 0 Å². The first-order valence-corrected chi connectivity index (χ1v) is 21.7. The molecule has 0 heterocycles. The Labute approximate surface area is 300 Å².